The lowest BCUT2D eigenvalue weighted by Gasteiger charge is -2.31. The predicted octanol–water partition coefficient (Wildman–Crippen LogP) is 2.41. The van der Waals surface area contributed by atoms with Crippen molar-refractivity contribution in [2.45, 2.75) is 39.2 Å². The molecule has 0 radical (unpaired) electrons. The van der Waals surface area contributed by atoms with E-state index in [1.807, 2.05) is 0 Å². The average molecular weight is 299 g/mol. The van der Waals surface area contributed by atoms with Crippen molar-refractivity contribution in [3.63, 3.8) is 0 Å². The van der Waals surface area contributed by atoms with Crippen molar-refractivity contribution in [3.8, 4) is 0 Å². The predicted molar refractivity (Wildman–Crippen MR) is 72.4 cm³/mol. The van der Waals surface area contributed by atoms with Crippen LogP contribution in [0.3, 0.4) is 0 Å². The van der Waals surface area contributed by atoms with Crippen molar-refractivity contribution in [2.75, 3.05) is 25.6 Å². The highest BCUT2D eigenvalue weighted by molar-refractivity contribution is 8.13. The molecule has 2 atom stereocenters. The monoisotopic (exact) mass is 298 g/mol. The quantitative estimate of drug-likeness (QED) is 0.535. The molecular weight excluding hydrogens is 276 g/mol. The first-order chi connectivity index (χ1) is 8.37. The van der Waals surface area contributed by atoms with Gasteiger partial charge in [0.05, 0.1) is 31.7 Å². The molecule has 0 heterocycles. The Morgan fingerprint density at radius 2 is 1.67 bits per heavy atom. The summed E-state index contributed by atoms with van der Waals surface area (Å²) in [6, 6.07) is 0. The maximum atomic E-state index is 10.6. The fourth-order valence-corrected chi connectivity index (χ4v) is 3.05. The lowest BCUT2D eigenvalue weighted by atomic mass is 9.82. The van der Waals surface area contributed by atoms with Crippen molar-refractivity contribution < 1.29 is 17.9 Å². The first-order valence-electron chi connectivity index (χ1n) is 6.48. The molecule has 1 rings (SSSR count). The number of hydrogen-bond donors (Lipinski definition) is 0. The average Bonchev–Trinajstić information content (AvgIpc) is 2.20. The number of rotatable bonds is 7. The molecule has 0 bridgehead atoms. The Hall–Kier alpha value is 0.160. The second-order valence-corrected chi connectivity index (χ2v) is 8.16. The van der Waals surface area contributed by atoms with E-state index in [4.69, 9.17) is 20.2 Å². The Balaban J connectivity index is 2.04. The minimum atomic E-state index is -3.44. The highest BCUT2D eigenvalue weighted by Crippen LogP contribution is 2.30. The zero-order valence-corrected chi connectivity index (χ0v) is 12.7. The van der Waals surface area contributed by atoms with Crippen LogP contribution in [-0.2, 0) is 18.5 Å². The molecule has 6 heteroatoms. The van der Waals surface area contributed by atoms with Gasteiger partial charge in [0.2, 0.25) is 9.05 Å². The smallest absolute Gasteiger partial charge is 0.234 e. The van der Waals surface area contributed by atoms with Crippen molar-refractivity contribution in [3.05, 3.63) is 0 Å². The molecule has 108 valence electrons. The van der Waals surface area contributed by atoms with E-state index in [2.05, 4.69) is 13.8 Å². The Morgan fingerprint density at radius 1 is 1.06 bits per heavy atom. The summed E-state index contributed by atoms with van der Waals surface area (Å²) in [5.41, 5.74) is 0. The Morgan fingerprint density at radius 3 is 2.22 bits per heavy atom. The standard InChI is InChI=1S/C12H23ClO4S/c1-10-7-11(2)9-12(8-10)17-4-3-16-5-6-18(13,14)15/h10-12H,3-9H2,1-2H3. The van der Waals surface area contributed by atoms with Crippen LogP contribution < -0.4 is 0 Å². The van der Waals surface area contributed by atoms with Gasteiger partial charge >= 0.3 is 0 Å². The molecule has 0 aliphatic heterocycles. The van der Waals surface area contributed by atoms with E-state index in [1.165, 1.54) is 6.42 Å². The molecule has 1 fully saturated rings. The van der Waals surface area contributed by atoms with Crippen LogP contribution >= 0.6 is 10.7 Å². The lowest BCUT2D eigenvalue weighted by molar-refractivity contribution is -0.0260. The summed E-state index contributed by atoms with van der Waals surface area (Å²) in [5, 5.41) is 0. The second kappa shape index (κ2) is 7.68. The van der Waals surface area contributed by atoms with Crippen LogP contribution in [-0.4, -0.2) is 40.1 Å². The number of halogens is 1. The summed E-state index contributed by atoms with van der Waals surface area (Å²) in [7, 11) is 1.62. The molecule has 1 aliphatic carbocycles. The van der Waals surface area contributed by atoms with E-state index in [0.717, 1.165) is 24.7 Å². The zero-order chi connectivity index (χ0) is 13.6. The summed E-state index contributed by atoms with van der Waals surface area (Å²) in [4.78, 5) is 0. The first-order valence-corrected chi connectivity index (χ1v) is 8.96. The van der Waals surface area contributed by atoms with E-state index in [0.29, 0.717) is 19.3 Å². The highest BCUT2D eigenvalue weighted by atomic mass is 35.7. The van der Waals surface area contributed by atoms with Gasteiger partial charge in [-0.2, -0.15) is 0 Å². The van der Waals surface area contributed by atoms with Crippen molar-refractivity contribution >= 4 is 19.7 Å². The maximum absolute atomic E-state index is 10.6. The molecule has 4 nitrogen and oxygen atoms in total. The van der Waals surface area contributed by atoms with Gasteiger partial charge < -0.3 is 9.47 Å². The number of hydrogen-bond acceptors (Lipinski definition) is 4. The van der Waals surface area contributed by atoms with Gasteiger partial charge in [0, 0.05) is 10.7 Å². The topological polar surface area (TPSA) is 52.6 Å². The van der Waals surface area contributed by atoms with Crippen LogP contribution in [0, 0.1) is 11.8 Å². The van der Waals surface area contributed by atoms with Crippen molar-refractivity contribution in [2.24, 2.45) is 11.8 Å². The van der Waals surface area contributed by atoms with Gasteiger partial charge in [0.15, 0.2) is 0 Å². The van der Waals surface area contributed by atoms with Crippen LogP contribution in [0.15, 0.2) is 0 Å². The normalized spacial score (nSPS) is 29.4. The van der Waals surface area contributed by atoms with Crippen LogP contribution in [0.2, 0.25) is 0 Å². The summed E-state index contributed by atoms with van der Waals surface area (Å²) in [6.07, 6.45) is 3.83. The van der Waals surface area contributed by atoms with Crippen molar-refractivity contribution in [1.29, 1.82) is 0 Å². The van der Waals surface area contributed by atoms with Gasteiger partial charge in [-0.05, 0) is 31.1 Å². The molecular formula is C12H23ClO4S. The van der Waals surface area contributed by atoms with Gasteiger partial charge in [-0.1, -0.05) is 13.8 Å². The van der Waals surface area contributed by atoms with E-state index in [1.54, 1.807) is 0 Å². The van der Waals surface area contributed by atoms with Gasteiger partial charge in [0.1, 0.15) is 0 Å². The molecule has 0 N–H and O–H groups in total. The van der Waals surface area contributed by atoms with E-state index < -0.39 is 9.05 Å². The Labute approximate surface area is 114 Å². The third kappa shape index (κ3) is 7.56. The van der Waals surface area contributed by atoms with E-state index in [-0.39, 0.29) is 12.4 Å². The molecule has 0 spiro atoms. The van der Waals surface area contributed by atoms with Crippen LogP contribution in [0.5, 0.6) is 0 Å². The fraction of sp³-hybridized carbons (Fsp3) is 1.00. The second-order valence-electron chi connectivity index (χ2n) is 5.27. The third-order valence-electron chi connectivity index (χ3n) is 3.19. The fourth-order valence-electron chi connectivity index (χ4n) is 2.54. The Kier molecular flexibility index (Phi) is 6.92. The lowest BCUT2D eigenvalue weighted by Crippen LogP contribution is -2.27. The van der Waals surface area contributed by atoms with Gasteiger partial charge in [-0.25, -0.2) is 8.42 Å². The molecule has 1 aliphatic rings. The summed E-state index contributed by atoms with van der Waals surface area (Å²) >= 11 is 0. The first kappa shape index (κ1) is 16.2. The van der Waals surface area contributed by atoms with Gasteiger partial charge in [-0.3, -0.25) is 0 Å². The minimum Gasteiger partial charge on any atom is -0.378 e. The highest BCUT2D eigenvalue weighted by Gasteiger charge is 2.24. The zero-order valence-electron chi connectivity index (χ0n) is 11.1. The summed E-state index contributed by atoms with van der Waals surface area (Å²) in [6.45, 7) is 5.59. The third-order valence-corrected chi connectivity index (χ3v) is 4.31. The Bertz CT molecular complexity index is 321. The largest absolute Gasteiger partial charge is 0.378 e. The van der Waals surface area contributed by atoms with Crippen molar-refractivity contribution in [1.82, 2.24) is 0 Å². The molecule has 0 aromatic heterocycles. The molecule has 18 heavy (non-hydrogen) atoms. The molecule has 0 amide bonds. The van der Waals surface area contributed by atoms with Crippen LogP contribution in [0.1, 0.15) is 33.1 Å². The van der Waals surface area contributed by atoms with E-state index >= 15 is 0 Å². The van der Waals surface area contributed by atoms with E-state index in [9.17, 15) is 8.42 Å². The van der Waals surface area contributed by atoms with Gasteiger partial charge in [0.25, 0.3) is 0 Å². The van der Waals surface area contributed by atoms with Crippen LogP contribution in [0.25, 0.3) is 0 Å². The SMILES string of the molecule is CC1CC(C)CC(OCCOCCS(=O)(=O)Cl)C1. The number of ether oxygens (including phenoxy) is 2. The molecule has 2 unspecified atom stereocenters. The summed E-state index contributed by atoms with van der Waals surface area (Å²) < 4.78 is 32.2. The molecule has 0 saturated heterocycles. The summed E-state index contributed by atoms with van der Waals surface area (Å²) in [5.74, 6) is 1.30. The molecule has 0 aromatic rings. The molecule has 0 aromatic carbocycles. The van der Waals surface area contributed by atoms with Crippen LogP contribution in [0.4, 0.5) is 0 Å². The van der Waals surface area contributed by atoms with Gasteiger partial charge in [-0.15, -0.1) is 0 Å². The molecule has 1 saturated carbocycles. The minimum absolute atomic E-state index is 0.132. The maximum Gasteiger partial charge on any atom is 0.234 e.